The largest absolute Gasteiger partial charge is 0.375 e. The van der Waals surface area contributed by atoms with Crippen LogP contribution in [0.1, 0.15) is 37.8 Å². The molecule has 0 unspecified atom stereocenters. The van der Waals surface area contributed by atoms with E-state index in [1.807, 2.05) is 117 Å². The Labute approximate surface area is 399 Å². The van der Waals surface area contributed by atoms with Crippen LogP contribution in [0.15, 0.2) is 148 Å². The smallest absolute Gasteiger partial charge is 0.224 e. The maximum Gasteiger partial charge on any atom is 0.224 e. The second-order valence-corrected chi connectivity index (χ2v) is 16.7. The second kappa shape index (κ2) is 25.0. The number of aliphatic imine (C=N–C) groups is 2. The number of nitrogens with one attached hydrogen (secondary N) is 2. The number of piperazine rings is 1. The number of rotatable bonds is 21. The lowest BCUT2D eigenvalue weighted by Gasteiger charge is -2.34. The lowest BCUT2D eigenvalue weighted by atomic mass is 10.1. The fourth-order valence-corrected chi connectivity index (χ4v) is 7.95. The van der Waals surface area contributed by atoms with Crippen molar-refractivity contribution < 1.29 is 9.59 Å². The number of anilines is 1. The highest BCUT2D eigenvalue weighted by Gasteiger charge is 2.18. The number of carbonyl (C=O) groups excluding carboxylic acids is 2. The van der Waals surface area contributed by atoms with E-state index >= 15 is 0 Å². The third kappa shape index (κ3) is 14.6. The lowest BCUT2D eigenvalue weighted by molar-refractivity contribution is -0.121. The first-order chi connectivity index (χ1) is 33.2. The van der Waals surface area contributed by atoms with Gasteiger partial charge < -0.3 is 20.4 Å². The van der Waals surface area contributed by atoms with Crippen LogP contribution in [-0.4, -0.2) is 137 Å². The van der Waals surface area contributed by atoms with Gasteiger partial charge in [0.15, 0.2) is 6.33 Å². The predicted molar refractivity (Wildman–Crippen MR) is 271 cm³/mol. The van der Waals surface area contributed by atoms with E-state index in [0.717, 1.165) is 128 Å². The summed E-state index contributed by atoms with van der Waals surface area (Å²) < 4.78 is 0. The Morgan fingerprint density at radius 1 is 0.706 bits per heavy atom. The van der Waals surface area contributed by atoms with Gasteiger partial charge >= 0.3 is 0 Å². The molecule has 16 heteroatoms. The van der Waals surface area contributed by atoms with Crippen LogP contribution in [0.2, 0.25) is 0 Å². The van der Waals surface area contributed by atoms with Crippen molar-refractivity contribution in [2.24, 2.45) is 20.2 Å². The Morgan fingerprint density at radius 3 is 2.01 bits per heavy atom. The Morgan fingerprint density at radius 2 is 1.35 bits per heavy atom. The zero-order chi connectivity index (χ0) is 47.5. The maximum absolute atomic E-state index is 12.7. The van der Waals surface area contributed by atoms with Crippen molar-refractivity contribution in [1.82, 2.24) is 45.7 Å². The normalized spacial score (nSPS) is 15.4. The number of benzene rings is 4. The number of aryl methyl sites for hydroxylation is 1. The minimum absolute atomic E-state index is 0.00619. The van der Waals surface area contributed by atoms with Crippen LogP contribution < -0.4 is 15.5 Å². The van der Waals surface area contributed by atoms with Crippen LogP contribution in [0.3, 0.4) is 0 Å². The molecule has 352 valence electrons. The highest BCUT2D eigenvalue weighted by Crippen LogP contribution is 2.28. The molecule has 2 aliphatic rings. The number of hydrogen-bond acceptors (Lipinski definition) is 14. The van der Waals surface area contributed by atoms with Gasteiger partial charge in [-0.2, -0.15) is 10.2 Å². The van der Waals surface area contributed by atoms with Crippen LogP contribution in [0.25, 0.3) is 11.4 Å². The van der Waals surface area contributed by atoms with Gasteiger partial charge in [0.2, 0.25) is 17.6 Å². The van der Waals surface area contributed by atoms with Gasteiger partial charge in [-0.15, -0.1) is 20.4 Å². The van der Waals surface area contributed by atoms with Crippen molar-refractivity contribution in [3.63, 3.8) is 0 Å². The van der Waals surface area contributed by atoms with E-state index in [0.29, 0.717) is 31.8 Å². The summed E-state index contributed by atoms with van der Waals surface area (Å²) in [7, 11) is 2.04. The second-order valence-electron chi connectivity index (χ2n) is 16.7. The van der Waals surface area contributed by atoms with E-state index < -0.39 is 0 Å². The molecular weight excluding hydrogens is 853 g/mol. The topological polar surface area (TPSA) is 172 Å². The van der Waals surface area contributed by atoms with Crippen LogP contribution in [0.4, 0.5) is 28.4 Å². The molecule has 2 N–H and O–H groups in total. The average Bonchev–Trinajstić information content (AvgIpc) is 3.36. The van der Waals surface area contributed by atoms with Crippen molar-refractivity contribution in [3.05, 3.63) is 138 Å². The van der Waals surface area contributed by atoms with Gasteiger partial charge in [0.1, 0.15) is 0 Å². The number of aromatic nitrogens is 4. The number of likely N-dealkylation sites (N-methyl/N-ethyl adjacent to an activating group) is 1. The standard InChI is InChI=1S/C52H62N14O2/c1-5-66(6-2)46-23-25-48(49(37-46)57-42-11-8-7-9-12-42)58-47-24-20-44(35-39(47)3)60-59-43-18-21-45(22-19-43)63(4)28-10-13-50(67)53-26-29-64-31-33-65(34-32-64)30-27-54-51(68)36-40-14-16-41(17-15-40)52-61-55-38-56-62-52/h7-9,11-12,14-25,35,37-38H,5-6,10,13,26-34,36H2,1-4H3,(H,53,67)(H,54,68). The molecule has 0 saturated carbocycles. The third-order valence-corrected chi connectivity index (χ3v) is 11.9. The fraction of sp³-hybridized carbons (Fsp3) is 0.346. The zero-order valence-corrected chi connectivity index (χ0v) is 39.6. The van der Waals surface area contributed by atoms with E-state index in [1.54, 1.807) is 0 Å². The molecule has 1 fully saturated rings. The lowest BCUT2D eigenvalue weighted by Crippen LogP contribution is -2.50. The van der Waals surface area contributed by atoms with Gasteiger partial charge in [-0.3, -0.25) is 19.4 Å². The maximum atomic E-state index is 12.7. The van der Waals surface area contributed by atoms with E-state index in [4.69, 9.17) is 9.98 Å². The molecule has 68 heavy (non-hydrogen) atoms. The monoisotopic (exact) mass is 915 g/mol. The number of amides is 2. The Hall–Kier alpha value is -7.30. The molecular formula is C52H62N14O2. The summed E-state index contributed by atoms with van der Waals surface area (Å²) in [6.07, 6.45) is 9.09. The summed E-state index contributed by atoms with van der Waals surface area (Å²) in [5.74, 6) is 0.518. The van der Waals surface area contributed by atoms with Crippen LogP contribution in [-0.2, 0) is 16.0 Å². The molecule has 7 rings (SSSR count). The minimum atomic E-state index is -0.00619. The first-order valence-corrected chi connectivity index (χ1v) is 23.5. The molecule has 2 heterocycles. The van der Waals surface area contributed by atoms with Crippen LogP contribution in [0, 0.1) is 6.92 Å². The summed E-state index contributed by atoms with van der Waals surface area (Å²) >= 11 is 0. The van der Waals surface area contributed by atoms with Gasteiger partial charge in [0.05, 0.1) is 40.6 Å². The highest BCUT2D eigenvalue weighted by molar-refractivity contribution is 6.52. The van der Waals surface area contributed by atoms with E-state index in [1.165, 1.54) is 6.33 Å². The first kappa shape index (κ1) is 48.6. The summed E-state index contributed by atoms with van der Waals surface area (Å²) in [5, 5.41) is 30.6. The van der Waals surface area contributed by atoms with Gasteiger partial charge in [-0.05, 0) is 111 Å². The van der Waals surface area contributed by atoms with Crippen molar-refractivity contribution >= 4 is 51.7 Å². The van der Waals surface area contributed by atoms with Gasteiger partial charge in [0, 0.05) is 102 Å². The van der Waals surface area contributed by atoms with Crippen molar-refractivity contribution in [3.8, 4) is 11.4 Å². The molecule has 0 spiro atoms. The number of allylic oxidation sites excluding steroid dienone is 3. The molecule has 4 aromatic carbocycles. The molecule has 1 saturated heterocycles. The molecule has 0 bridgehead atoms. The third-order valence-electron chi connectivity index (χ3n) is 11.9. The van der Waals surface area contributed by atoms with Gasteiger partial charge in [-0.1, -0.05) is 42.5 Å². The Balaban J connectivity index is 0.771. The van der Waals surface area contributed by atoms with Crippen molar-refractivity contribution in [2.45, 2.75) is 40.0 Å². The number of nitrogens with zero attached hydrogens (tertiary/aromatic N) is 12. The molecule has 1 aromatic heterocycles. The number of carbonyl (C=O) groups is 2. The molecule has 1 aliphatic heterocycles. The number of azo groups is 1. The molecule has 5 aromatic rings. The van der Waals surface area contributed by atoms with Crippen molar-refractivity contribution in [2.75, 3.05) is 83.9 Å². The van der Waals surface area contributed by atoms with E-state index in [2.05, 4.69) is 86.9 Å². The summed E-state index contributed by atoms with van der Waals surface area (Å²) in [6.45, 7) is 15.5. The SMILES string of the molecule is CCN(CC)C1=CC(=Nc2ccccc2)C(=Nc2ccc(N=Nc3ccc(N(C)CCCC(=O)NCCN4CCN(CCNC(=O)Cc5ccc(-c6nncnn6)cc5)CC4)cc3)cc2C)C=C1. The number of para-hydroxylation sites is 1. The Bertz CT molecular complexity index is 2570. The summed E-state index contributed by atoms with van der Waals surface area (Å²) in [6, 6.07) is 31.4. The molecule has 16 nitrogen and oxygen atoms in total. The van der Waals surface area contributed by atoms with Crippen LogP contribution >= 0.6 is 0 Å². The van der Waals surface area contributed by atoms with Gasteiger partial charge in [0.25, 0.3) is 0 Å². The van der Waals surface area contributed by atoms with E-state index in [9.17, 15) is 9.59 Å². The fourth-order valence-electron chi connectivity index (χ4n) is 7.95. The highest BCUT2D eigenvalue weighted by atomic mass is 16.2. The van der Waals surface area contributed by atoms with Crippen molar-refractivity contribution in [1.29, 1.82) is 0 Å². The quantitative estimate of drug-likeness (QED) is 0.0552. The Kier molecular flexibility index (Phi) is 17.9. The predicted octanol–water partition coefficient (Wildman–Crippen LogP) is 7.61. The van der Waals surface area contributed by atoms with Crippen LogP contribution in [0.5, 0.6) is 0 Å². The molecule has 1 aliphatic carbocycles. The minimum Gasteiger partial charge on any atom is -0.375 e. The van der Waals surface area contributed by atoms with Gasteiger partial charge in [-0.25, -0.2) is 9.98 Å². The number of hydrogen-bond donors (Lipinski definition) is 2. The molecule has 2 amide bonds. The summed E-state index contributed by atoms with van der Waals surface area (Å²) in [5.41, 5.74) is 9.75. The van der Waals surface area contributed by atoms with E-state index in [-0.39, 0.29) is 11.8 Å². The summed E-state index contributed by atoms with van der Waals surface area (Å²) in [4.78, 5) is 44.4. The average molecular weight is 915 g/mol. The zero-order valence-electron chi connectivity index (χ0n) is 39.6. The molecule has 0 radical (unpaired) electrons. The first-order valence-electron chi connectivity index (χ1n) is 23.5. The molecule has 0 atom stereocenters.